The molecule has 2 atom stereocenters. The molecule has 1 saturated heterocycles. The molecule has 41 heavy (non-hydrogen) atoms. The average molecular weight is 549 g/mol. The summed E-state index contributed by atoms with van der Waals surface area (Å²) in [6.45, 7) is 2.01. The molecule has 8 nitrogen and oxygen atoms in total. The Morgan fingerprint density at radius 3 is 2.66 bits per heavy atom. The molecule has 4 N–H and O–H groups in total. The van der Waals surface area contributed by atoms with E-state index in [9.17, 15) is 4.79 Å². The number of rotatable bonds is 6. The SMILES string of the molecule is NC1=NC=CN2C1=C(c1ccc3ccc(-c4ccccc4)nc3c1)NC2C1CCC(CNC(=O)C2CCOC2)CC1. The molecule has 210 valence electrons. The van der Waals surface area contributed by atoms with Crippen molar-refractivity contribution in [1.82, 2.24) is 20.5 Å². The molecule has 2 aromatic carbocycles. The van der Waals surface area contributed by atoms with Gasteiger partial charge in [0.2, 0.25) is 5.91 Å². The van der Waals surface area contributed by atoms with Gasteiger partial charge in [0.05, 0.1) is 29.4 Å². The number of nitrogens with zero attached hydrogens (tertiary/aromatic N) is 3. The van der Waals surface area contributed by atoms with Crippen molar-refractivity contribution in [2.75, 3.05) is 19.8 Å². The zero-order valence-electron chi connectivity index (χ0n) is 23.1. The van der Waals surface area contributed by atoms with E-state index in [1.54, 1.807) is 6.20 Å². The van der Waals surface area contributed by atoms with Crippen LogP contribution in [0.2, 0.25) is 0 Å². The molecular formula is C33H36N6O2. The van der Waals surface area contributed by atoms with E-state index in [4.69, 9.17) is 15.5 Å². The van der Waals surface area contributed by atoms with Crippen LogP contribution in [0, 0.1) is 17.8 Å². The number of hydrogen-bond donors (Lipinski definition) is 3. The van der Waals surface area contributed by atoms with Crippen LogP contribution in [0.5, 0.6) is 0 Å². The van der Waals surface area contributed by atoms with Gasteiger partial charge in [0.15, 0.2) is 0 Å². The van der Waals surface area contributed by atoms with Crippen LogP contribution < -0.4 is 16.4 Å². The van der Waals surface area contributed by atoms with E-state index in [2.05, 4.69) is 63.0 Å². The van der Waals surface area contributed by atoms with Crippen LogP contribution >= 0.6 is 0 Å². The van der Waals surface area contributed by atoms with Gasteiger partial charge in [-0.2, -0.15) is 0 Å². The van der Waals surface area contributed by atoms with E-state index in [1.165, 1.54) is 0 Å². The quantitative estimate of drug-likeness (QED) is 0.416. The van der Waals surface area contributed by atoms with Crippen LogP contribution in [0.25, 0.3) is 27.9 Å². The second kappa shape index (κ2) is 11.0. The lowest BCUT2D eigenvalue weighted by Gasteiger charge is -2.37. The van der Waals surface area contributed by atoms with Crippen molar-refractivity contribution in [2.24, 2.45) is 28.5 Å². The Balaban J connectivity index is 1.08. The van der Waals surface area contributed by atoms with E-state index in [-0.39, 0.29) is 18.0 Å². The number of carbonyl (C=O) groups excluding carboxylic acids is 1. The van der Waals surface area contributed by atoms with Gasteiger partial charge in [-0.05, 0) is 56.1 Å². The summed E-state index contributed by atoms with van der Waals surface area (Å²) in [6, 6.07) is 20.9. The van der Waals surface area contributed by atoms with Gasteiger partial charge in [0.25, 0.3) is 0 Å². The molecule has 7 rings (SSSR count). The fraction of sp³-hybridized carbons (Fsp3) is 0.364. The Kier molecular flexibility index (Phi) is 6.92. The van der Waals surface area contributed by atoms with E-state index >= 15 is 0 Å². The average Bonchev–Trinajstić information content (AvgIpc) is 3.70. The Bertz CT molecular complexity index is 1530. The molecule has 4 aliphatic rings. The summed E-state index contributed by atoms with van der Waals surface area (Å²) in [6.07, 6.45) is 9.14. The molecule has 1 aromatic heterocycles. The molecule has 2 unspecified atom stereocenters. The first kappa shape index (κ1) is 25.8. The second-order valence-corrected chi connectivity index (χ2v) is 11.6. The number of aliphatic imine (C=N–C) groups is 1. The smallest absolute Gasteiger partial charge is 0.225 e. The Morgan fingerprint density at radius 1 is 1.02 bits per heavy atom. The summed E-state index contributed by atoms with van der Waals surface area (Å²) >= 11 is 0. The number of nitrogens with two attached hydrogens (primary N) is 1. The first-order chi connectivity index (χ1) is 20.1. The van der Waals surface area contributed by atoms with Gasteiger partial charge in [-0.1, -0.05) is 48.5 Å². The summed E-state index contributed by atoms with van der Waals surface area (Å²) in [4.78, 5) is 24.1. The van der Waals surface area contributed by atoms with Crippen molar-refractivity contribution in [3.05, 3.63) is 84.3 Å². The molecule has 3 aliphatic heterocycles. The monoisotopic (exact) mass is 548 g/mol. The van der Waals surface area contributed by atoms with Crippen molar-refractivity contribution in [2.45, 2.75) is 38.3 Å². The first-order valence-corrected chi connectivity index (χ1v) is 14.8. The normalized spacial score (nSPS) is 25.7. The molecule has 0 spiro atoms. The van der Waals surface area contributed by atoms with Crippen LogP contribution in [0.1, 0.15) is 37.7 Å². The van der Waals surface area contributed by atoms with Gasteiger partial charge < -0.3 is 26.0 Å². The van der Waals surface area contributed by atoms with E-state index in [1.807, 2.05) is 24.4 Å². The molecule has 0 bridgehead atoms. The van der Waals surface area contributed by atoms with Crippen molar-refractivity contribution in [3.8, 4) is 11.3 Å². The van der Waals surface area contributed by atoms with Gasteiger partial charge in [0, 0.05) is 42.1 Å². The summed E-state index contributed by atoms with van der Waals surface area (Å²) in [5.41, 5.74) is 12.5. The lowest BCUT2D eigenvalue weighted by Crippen LogP contribution is -2.45. The van der Waals surface area contributed by atoms with Crippen LogP contribution in [0.4, 0.5) is 0 Å². The predicted octanol–water partition coefficient (Wildman–Crippen LogP) is 4.60. The van der Waals surface area contributed by atoms with Crippen molar-refractivity contribution < 1.29 is 9.53 Å². The lowest BCUT2D eigenvalue weighted by molar-refractivity contribution is -0.125. The topological polar surface area (TPSA) is 105 Å². The Labute approximate surface area is 240 Å². The molecule has 8 heteroatoms. The van der Waals surface area contributed by atoms with E-state index in [0.29, 0.717) is 30.9 Å². The Hall–Kier alpha value is -4.17. The minimum absolute atomic E-state index is 0.0187. The number of benzene rings is 2. The number of ether oxygens (including phenoxy) is 1. The maximum Gasteiger partial charge on any atom is 0.225 e. The number of amides is 1. The number of fused-ring (bicyclic) bond motifs is 2. The van der Waals surface area contributed by atoms with E-state index < -0.39 is 0 Å². The standard InChI is InChI=1S/C33H36N6O2/c34-31-30-29(25-11-10-23-12-13-27(37-28(23)18-25)22-4-2-1-3-5-22)38-32(39(30)16-15-35-31)24-8-6-21(7-9-24)19-36-33(40)26-14-17-41-20-26/h1-5,10-13,15-16,18,21,24,26,32,38H,6-9,14,17,19-20H2,(H2,34,35)(H,36,40). The number of aromatic nitrogens is 1. The van der Waals surface area contributed by atoms with Crippen molar-refractivity contribution in [1.29, 1.82) is 0 Å². The number of carbonyl (C=O) groups is 1. The maximum absolute atomic E-state index is 12.4. The summed E-state index contributed by atoms with van der Waals surface area (Å²) < 4.78 is 5.37. The fourth-order valence-electron chi connectivity index (χ4n) is 6.67. The second-order valence-electron chi connectivity index (χ2n) is 11.6. The fourth-order valence-corrected chi connectivity index (χ4v) is 6.67. The molecule has 1 amide bonds. The van der Waals surface area contributed by atoms with Gasteiger partial charge in [-0.3, -0.25) is 4.79 Å². The zero-order chi connectivity index (χ0) is 27.8. The first-order valence-electron chi connectivity index (χ1n) is 14.8. The Morgan fingerprint density at radius 2 is 1.85 bits per heavy atom. The highest BCUT2D eigenvalue weighted by atomic mass is 16.5. The van der Waals surface area contributed by atoms with Crippen LogP contribution in [-0.4, -0.2) is 47.6 Å². The molecule has 4 heterocycles. The summed E-state index contributed by atoms with van der Waals surface area (Å²) in [5.74, 6) is 1.66. The third-order valence-corrected chi connectivity index (χ3v) is 9.02. The van der Waals surface area contributed by atoms with Gasteiger partial charge >= 0.3 is 0 Å². The number of nitrogens with one attached hydrogen (secondary N) is 2. The predicted molar refractivity (Wildman–Crippen MR) is 161 cm³/mol. The molecular weight excluding hydrogens is 512 g/mol. The highest BCUT2D eigenvalue weighted by molar-refractivity contribution is 6.05. The lowest BCUT2D eigenvalue weighted by atomic mass is 9.80. The maximum atomic E-state index is 12.4. The van der Waals surface area contributed by atoms with Crippen molar-refractivity contribution >= 4 is 28.3 Å². The van der Waals surface area contributed by atoms with Crippen molar-refractivity contribution in [3.63, 3.8) is 0 Å². The summed E-state index contributed by atoms with van der Waals surface area (Å²) in [5, 5.41) is 8.13. The largest absolute Gasteiger partial charge is 0.382 e. The van der Waals surface area contributed by atoms with E-state index in [0.717, 1.165) is 77.8 Å². The van der Waals surface area contributed by atoms with Gasteiger partial charge in [-0.15, -0.1) is 0 Å². The van der Waals surface area contributed by atoms with Gasteiger partial charge in [0.1, 0.15) is 17.7 Å². The van der Waals surface area contributed by atoms with Gasteiger partial charge in [-0.25, -0.2) is 9.98 Å². The van der Waals surface area contributed by atoms with Crippen LogP contribution in [0.3, 0.4) is 0 Å². The minimum atomic E-state index is 0.0187. The molecule has 1 aliphatic carbocycles. The highest BCUT2D eigenvalue weighted by Gasteiger charge is 2.40. The molecule has 1 saturated carbocycles. The number of pyridine rings is 1. The number of amidine groups is 1. The molecule has 3 aromatic rings. The number of hydrogen-bond acceptors (Lipinski definition) is 7. The van der Waals surface area contributed by atoms with Crippen LogP contribution in [-0.2, 0) is 9.53 Å². The molecule has 0 radical (unpaired) electrons. The minimum Gasteiger partial charge on any atom is -0.382 e. The van der Waals surface area contributed by atoms with Crippen LogP contribution in [0.15, 0.2) is 83.8 Å². The summed E-state index contributed by atoms with van der Waals surface area (Å²) in [7, 11) is 0. The highest BCUT2D eigenvalue weighted by Crippen LogP contribution is 2.39. The third kappa shape index (κ3) is 5.08. The third-order valence-electron chi connectivity index (χ3n) is 9.02. The molecule has 2 fully saturated rings. The zero-order valence-corrected chi connectivity index (χ0v) is 23.1.